The number of nitrogens with zero attached hydrogens (tertiary/aromatic N) is 1. The minimum atomic E-state index is -0.425. The fraction of sp³-hybridized carbons (Fsp3) is 0.333. The highest BCUT2D eigenvalue weighted by Gasteiger charge is 2.30. The van der Waals surface area contributed by atoms with Crippen LogP contribution in [0, 0.1) is 0 Å². The Balaban J connectivity index is 1.58. The first kappa shape index (κ1) is 21.4. The molecule has 1 aliphatic heterocycles. The first-order valence-corrected chi connectivity index (χ1v) is 9.37. The van der Waals surface area contributed by atoms with Gasteiger partial charge in [-0.2, -0.15) is 5.10 Å². The summed E-state index contributed by atoms with van der Waals surface area (Å²) in [6.45, 7) is 0. The Morgan fingerprint density at radius 3 is 2.23 bits per heavy atom. The summed E-state index contributed by atoms with van der Waals surface area (Å²) >= 11 is 0. The van der Waals surface area contributed by atoms with E-state index in [1.54, 1.807) is 46.8 Å². The summed E-state index contributed by atoms with van der Waals surface area (Å²) in [5.74, 6) is 2.28. The Hall–Kier alpha value is -3.30. The number of carbonyl (C=O) groups is 1. The molecule has 9 heteroatoms. The largest absolute Gasteiger partial charge is 0.493 e. The summed E-state index contributed by atoms with van der Waals surface area (Å²) in [7, 11) is 6.32. The lowest BCUT2D eigenvalue weighted by Crippen LogP contribution is -2.41. The topological polar surface area (TPSA) is 102 Å². The van der Waals surface area contributed by atoms with Gasteiger partial charge in [0.1, 0.15) is 6.04 Å². The minimum Gasteiger partial charge on any atom is -0.493 e. The molecular weight excluding hydrogens is 388 g/mol. The second-order valence-corrected chi connectivity index (χ2v) is 6.59. The van der Waals surface area contributed by atoms with E-state index in [2.05, 4.69) is 21.4 Å². The predicted molar refractivity (Wildman–Crippen MR) is 112 cm³/mol. The van der Waals surface area contributed by atoms with Crippen molar-refractivity contribution in [3.63, 3.8) is 0 Å². The van der Waals surface area contributed by atoms with Crippen molar-refractivity contribution in [3.8, 4) is 23.0 Å². The number of hydrazine groups is 1. The van der Waals surface area contributed by atoms with Gasteiger partial charge in [-0.3, -0.25) is 4.79 Å². The van der Waals surface area contributed by atoms with Crippen molar-refractivity contribution in [1.82, 2.24) is 16.3 Å². The minimum absolute atomic E-state index is 0.0459. The maximum atomic E-state index is 12.4. The molecule has 0 spiro atoms. The summed E-state index contributed by atoms with van der Waals surface area (Å²) < 4.78 is 21.1. The lowest BCUT2D eigenvalue weighted by Gasteiger charge is -2.13. The van der Waals surface area contributed by atoms with Gasteiger partial charge in [0.2, 0.25) is 0 Å². The number of hydrogen-bond donors (Lipinski definition) is 3. The van der Waals surface area contributed by atoms with Gasteiger partial charge in [0.05, 0.1) is 34.7 Å². The highest BCUT2D eigenvalue weighted by molar-refractivity contribution is 5.85. The molecule has 2 aromatic rings. The Morgan fingerprint density at radius 1 is 0.933 bits per heavy atom. The third-order valence-electron chi connectivity index (χ3n) is 4.83. The Kier molecular flexibility index (Phi) is 7.10. The standard InChI is InChI=1S/C21H26N4O5/c1-27-17-7-5-13(9-19(17)29-3)12-22-25-21(26)16-11-15(23-24-16)14-6-8-18(28-2)20(10-14)30-4/h5-10,12,15-16,23-24H,11H2,1-4H3,(H,25,26)/b22-12+. The van der Waals surface area contributed by atoms with Crippen molar-refractivity contribution in [2.24, 2.45) is 5.10 Å². The average Bonchev–Trinajstić information content (AvgIpc) is 3.28. The van der Waals surface area contributed by atoms with Crippen LogP contribution in [-0.4, -0.2) is 46.6 Å². The molecule has 1 fully saturated rings. The number of carbonyl (C=O) groups excluding carboxylic acids is 1. The number of rotatable bonds is 8. The van der Waals surface area contributed by atoms with Gasteiger partial charge in [-0.25, -0.2) is 16.3 Å². The molecule has 3 rings (SSSR count). The van der Waals surface area contributed by atoms with E-state index in [1.165, 1.54) is 0 Å². The quantitative estimate of drug-likeness (QED) is 0.447. The van der Waals surface area contributed by atoms with Crippen molar-refractivity contribution < 1.29 is 23.7 Å². The molecular formula is C21H26N4O5. The van der Waals surface area contributed by atoms with Crippen LogP contribution in [0.4, 0.5) is 0 Å². The molecule has 1 heterocycles. The van der Waals surface area contributed by atoms with Gasteiger partial charge in [-0.05, 0) is 47.9 Å². The van der Waals surface area contributed by atoms with E-state index in [0.29, 0.717) is 29.4 Å². The predicted octanol–water partition coefficient (Wildman–Crippen LogP) is 1.78. The van der Waals surface area contributed by atoms with Crippen LogP contribution in [0.15, 0.2) is 41.5 Å². The Morgan fingerprint density at radius 2 is 1.57 bits per heavy atom. The van der Waals surface area contributed by atoms with Crippen molar-refractivity contribution in [1.29, 1.82) is 0 Å². The van der Waals surface area contributed by atoms with Gasteiger partial charge < -0.3 is 18.9 Å². The Labute approximate surface area is 175 Å². The van der Waals surface area contributed by atoms with E-state index in [0.717, 1.165) is 11.1 Å². The van der Waals surface area contributed by atoms with Crippen LogP contribution in [0.25, 0.3) is 0 Å². The van der Waals surface area contributed by atoms with Gasteiger partial charge in [0.25, 0.3) is 5.91 Å². The van der Waals surface area contributed by atoms with Crippen LogP contribution in [0.3, 0.4) is 0 Å². The first-order valence-electron chi connectivity index (χ1n) is 9.37. The molecule has 3 N–H and O–H groups in total. The molecule has 0 aliphatic carbocycles. The van der Waals surface area contributed by atoms with Gasteiger partial charge in [-0.15, -0.1) is 0 Å². The van der Waals surface area contributed by atoms with Crippen molar-refractivity contribution in [3.05, 3.63) is 47.5 Å². The first-order chi connectivity index (χ1) is 14.6. The average molecular weight is 414 g/mol. The molecule has 1 aliphatic rings. The molecule has 0 aromatic heterocycles. The number of hydrazone groups is 1. The summed E-state index contributed by atoms with van der Waals surface area (Å²) in [6.07, 6.45) is 2.11. The number of ether oxygens (including phenoxy) is 4. The molecule has 0 bridgehead atoms. The molecule has 2 aromatic carbocycles. The smallest absolute Gasteiger partial charge is 0.258 e. The molecule has 1 amide bonds. The monoisotopic (exact) mass is 414 g/mol. The van der Waals surface area contributed by atoms with Crippen LogP contribution in [0.5, 0.6) is 23.0 Å². The number of benzene rings is 2. The molecule has 9 nitrogen and oxygen atoms in total. The molecule has 2 atom stereocenters. The summed E-state index contributed by atoms with van der Waals surface area (Å²) in [4.78, 5) is 12.4. The number of hydrogen-bond acceptors (Lipinski definition) is 8. The number of methoxy groups -OCH3 is 4. The zero-order valence-electron chi connectivity index (χ0n) is 17.4. The van der Waals surface area contributed by atoms with E-state index in [-0.39, 0.29) is 11.9 Å². The lowest BCUT2D eigenvalue weighted by atomic mass is 10.0. The van der Waals surface area contributed by atoms with Gasteiger partial charge in [0.15, 0.2) is 23.0 Å². The Bertz CT molecular complexity index is 918. The van der Waals surface area contributed by atoms with E-state index >= 15 is 0 Å². The van der Waals surface area contributed by atoms with Crippen LogP contribution < -0.4 is 35.2 Å². The third kappa shape index (κ3) is 4.81. The molecule has 0 saturated carbocycles. The highest BCUT2D eigenvalue weighted by atomic mass is 16.5. The number of amides is 1. The molecule has 0 radical (unpaired) electrons. The van der Waals surface area contributed by atoms with Crippen LogP contribution in [0.1, 0.15) is 23.6 Å². The highest BCUT2D eigenvalue weighted by Crippen LogP contribution is 2.32. The third-order valence-corrected chi connectivity index (χ3v) is 4.83. The summed E-state index contributed by atoms with van der Waals surface area (Å²) in [5, 5.41) is 4.04. The van der Waals surface area contributed by atoms with Crippen LogP contribution in [-0.2, 0) is 4.79 Å². The maximum Gasteiger partial charge on any atom is 0.258 e. The maximum absolute atomic E-state index is 12.4. The number of nitrogens with one attached hydrogen (secondary N) is 3. The van der Waals surface area contributed by atoms with Crippen molar-refractivity contribution in [2.75, 3.05) is 28.4 Å². The van der Waals surface area contributed by atoms with E-state index in [9.17, 15) is 4.79 Å². The fourth-order valence-electron chi connectivity index (χ4n) is 3.20. The molecule has 1 saturated heterocycles. The zero-order chi connectivity index (χ0) is 21.5. The van der Waals surface area contributed by atoms with Crippen LogP contribution in [0.2, 0.25) is 0 Å². The van der Waals surface area contributed by atoms with E-state index in [4.69, 9.17) is 18.9 Å². The van der Waals surface area contributed by atoms with Crippen LogP contribution >= 0.6 is 0 Å². The SMILES string of the molecule is COc1ccc(/C=N/NC(=O)C2CC(c3ccc(OC)c(OC)c3)NN2)cc1OC. The van der Waals surface area contributed by atoms with Gasteiger partial charge in [0, 0.05) is 6.04 Å². The van der Waals surface area contributed by atoms with E-state index in [1.807, 2.05) is 24.3 Å². The second kappa shape index (κ2) is 9.95. The summed E-state index contributed by atoms with van der Waals surface area (Å²) in [5.41, 5.74) is 10.5. The second-order valence-electron chi connectivity index (χ2n) is 6.59. The zero-order valence-corrected chi connectivity index (χ0v) is 17.4. The van der Waals surface area contributed by atoms with Crippen molar-refractivity contribution >= 4 is 12.1 Å². The van der Waals surface area contributed by atoms with E-state index < -0.39 is 6.04 Å². The van der Waals surface area contributed by atoms with Gasteiger partial charge >= 0.3 is 0 Å². The molecule has 2 unspecified atom stereocenters. The van der Waals surface area contributed by atoms with Crippen molar-refractivity contribution in [2.45, 2.75) is 18.5 Å². The molecule has 30 heavy (non-hydrogen) atoms. The normalized spacial score (nSPS) is 18.3. The lowest BCUT2D eigenvalue weighted by molar-refractivity contribution is -0.122. The molecule has 160 valence electrons. The fourth-order valence-corrected chi connectivity index (χ4v) is 3.20. The summed E-state index contributed by atoms with van der Waals surface area (Å²) in [6, 6.07) is 10.6. The van der Waals surface area contributed by atoms with Gasteiger partial charge in [-0.1, -0.05) is 6.07 Å².